The van der Waals surface area contributed by atoms with E-state index in [2.05, 4.69) is 16.1 Å². The number of carbonyl (C=O) groups excluding carboxylic acids is 2. The van der Waals surface area contributed by atoms with Crippen LogP contribution < -0.4 is 10.1 Å². The van der Waals surface area contributed by atoms with E-state index in [1.54, 1.807) is 11.0 Å². The van der Waals surface area contributed by atoms with Crippen molar-refractivity contribution in [2.24, 2.45) is 4.99 Å². The Bertz CT molecular complexity index is 1640. The smallest absolute Gasteiger partial charge is 0.326 e. The van der Waals surface area contributed by atoms with Crippen LogP contribution in [-0.2, 0) is 4.79 Å². The van der Waals surface area contributed by atoms with Gasteiger partial charge in [-0.05, 0) is 81.3 Å². The second-order valence-electron chi connectivity index (χ2n) is 12.4. The first-order valence-corrected chi connectivity index (χ1v) is 16.2. The second kappa shape index (κ2) is 14.2. The zero-order valence-corrected chi connectivity index (χ0v) is 28.1. The number of carbonyl (C=O) groups is 2. The van der Waals surface area contributed by atoms with Crippen molar-refractivity contribution >= 4 is 41.0 Å². The Hall–Kier alpha value is -4.03. The summed E-state index contributed by atoms with van der Waals surface area (Å²) < 4.78 is 6.06. The third-order valence-corrected chi connectivity index (χ3v) is 8.41. The lowest BCUT2D eigenvalue weighted by atomic mass is 9.93. The fourth-order valence-electron chi connectivity index (χ4n) is 5.84. The molecule has 240 valence electrons. The second-order valence-corrected chi connectivity index (χ2v) is 13.3. The van der Waals surface area contributed by atoms with Gasteiger partial charge in [-0.15, -0.1) is 6.42 Å². The van der Waals surface area contributed by atoms with Gasteiger partial charge in [0.2, 0.25) is 5.91 Å². The lowest BCUT2D eigenvalue weighted by Gasteiger charge is -2.39. The summed E-state index contributed by atoms with van der Waals surface area (Å²) in [4.78, 5) is 38.3. The average Bonchev–Trinajstić information content (AvgIpc) is 3.41. The van der Waals surface area contributed by atoms with Gasteiger partial charge in [0.15, 0.2) is 0 Å². The van der Waals surface area contributed by atoms with Crippen molar-refractivity contribution in [3.05, 3.63) is 99.0 Å². The number of ether oxygens (including phenoxy) is 1. The van der Waals surface area contributed by atoms with Crippen molar-refractivity contribution in [1.29, 1.82) is 0 Å². The number of hydrogen-bond acceptors (Lipinski definition) is 5. The van der Waals surface area contributed by atoms with Gasteiger partial charge in [0.25, 0.3) is 0 Å². The van der Waals surface area contributed by atoms with Crippen LogP contribution in [0.15, 0.2) is 71.7 Å². The molecule has 3 aromatic rings. The molecule has 0 aromatic heterocycles. The van der Waals surface area contributed by atoms with Crippen LogP contribution in [-0.4, -0.2) is 77.3 Å². The Labute approximate surface area is 281 Å². The molecule has 0 unspecified atom stereocenters. The van der Waals surface area contributed by atoms with Gasteiger partial charge in [0.05, 0.1) is 24.8 Å². The van der Waals surface area contributed by atoms with Crippen LogP contribution >= 0.6 is 23.2 Å². The van der Waals surface area contributed by atoms with Crippen molar-refractivity contribution in [3.63, 3.8) is 0 Å². The Morgan fingerprint density at radius 1 is 0.957 bits per heavy atom. The molecular formula is C36H39Cl2N5O3. The van der Waals surface area contributed by atoms with Crippen molar-refractivity contribution in [2.45, 2.75) is 45.3 Å². The number of nitrogens with one attached hydrogen (secondary N) is 1. The highest BCUT2D eigenvalue weighted by Crippen LogP contribution is 2.45. The molecule has 2 aliphatic rings. The summed E-state index contributed by atoms with van der Waals surface area (Å²) in [5.41, 5.74) is 2.81. The number of nitrogens with zero attached hydrogens (tertiary/aromatic N) is 4. The summed E-state index contributed by atoms with van der Waals surface area (Å²) in [7, 11) is 0. The summed E-state index contributed by atoms with van der Waals surface area (Å²) in [6.45, 7) is 10.5. The van der Waals surface area contributed by atoms with Crippen molar-refractivity contribution < 1.29 is 14.3 Å². The van der Waals surface area contributed by atoms with Crippen LogP contribution in [0.25, 0.3) is 0 Å². The Morgan fingerprint density at radius 2 is 1.57 bits per heavy atom. The van der Waals surface area contributed by atoms with E-state index in [0.717, 1.165) is 11.1 Å². The fraction of sp³-hybridized carbons (Fsp3) is 0.361. The minimum absolute atomic E-state index is 0.0336. The average molecular weight is 661 g/mol. The molecule has 3 aromatic carbocycles. The molecule has 8 nitrogen and oxygen atoms in total. The molecule has 46 heavy (non-hydrogen) atoms. The first-order valence-electron chi connectivity index (χ1n) is 15.4. The van der Waals surface area contributed by atoms with Gasteiger partial charge in [0.1, 0.15) is 17.6 Å². The lowest BCUT2D eigenvalue weighted by Crippen LogP contribution is -2.56. The van der Waals surface area contributed by atoms with Gasteiger partial charge >= 0.3 is 6.03 Å². The minimum Gasteiger partial charge on any atom is -0.493 e. The molecule has 0 spiro atoms. The molecule has 0 aliphatic carbocycles. The van der Waals surface area contributed by atoms with Crippen LogP contribution in [0.1, 0.15) is 62.0 Å². The normalized spacial score (nSPS) is 18.6. The van der Waals surface area contributed by atoms with E-state index in [0.29, 0.717) is 65.5 Å². The highest BCUT2D eigenvalue weighted by molar-refractivity contribution is 6.30. The number of terminal acetylenes is 1. The number of amidine groups is 1. The first kappa shape index (κ1) is 33.3. The highest BCUT2D eigenvalue weighted by Gasteiger charge is 2.45. The molecule has 3 amide bonds. The SMILES string of the molecule is C#Cc1ccc(C2=N[C@@H](c3ccc(Cl)cc3)[C@@H](c3ccc(Cl)cc3)N2C(=O)N2CCN(CC(=O)NC(C)(C)C)CC2)c(OCC)c1. The van der Waals surface area contributed by atoms with Gasteiger partial charge in [-0.3, -0.25) is 19.6 Å². The van der Waals surface area contributed by atoms with E-state index < -0.39 is 12.1 Å². The third kappa shape index (κ3) is 7.67. The van der Waals surface area contributed by atoms with E-state index in [9.17, 15) is 9.59 Å². The number of rotatable bonds is 7. The molecule has 0 radical (unpaired) electrons. The lowest BCUT2D eigenvalue weighted by molar-refractivity contribution is -0.124. The fourth-order valence-corrected chi connectivity index (χ4v) is 6.09. The maximum atomic E-state index is 14.7. The monoisotopic (exact) mass is 659 g/mol. The van der Waals surface area contributed by atoms with E-state index in [4.69, 9.17) is 39.4 Å². The van der Waals surface area contributed by atoms with E-state index in [1.807, 2.05) is 93.3 Å². The maximum absolute atomic E-state index is 14.7. The topological polar surface area (TPSA) is 77.5 Å². The molecule has 0 bridgehead atoms. The molecule has 10 heteroatoms. The standard InChI is InChI=1S/C36H39Cl2N5O3/c1-6-24-8-17-29(30(22-24)46-7-2)34-39-32(25-9-13-27(37)14-10-25)33(26-11-15-28(38)16-12-26)43(34)35(45)42-20-18-41(19-21-42)23-31(44)40-36(3,4)5/h1,8-17,22,32-33H,7,18-21,23H2,2-5H3,(H,40,44)/t32-,33+/m0/s1. The van der Waals surface area contributed by atoms with Gasteiger partial charge < -0.3 is 15.0 Å². The molecule has 1 N–H and O–H groups in total. The quantitative estimate of drug-likeness (QED) is 0.291. The Balaban J connectivity index is 1.54. The molecule has 2 aliphatic heterocycles. The number of piperazine rings is 1. The zero-order valence-electron chi connectivity index (χ0n) is 26.6. The molecule has 5 rings (SSSR count). The zero-order chi connectivity index (χ0) is 33.0. The van der Waals surface area contributed by atoms with Crippen molar-refractivity contribution in [2.75, 3.05) is 39.3 Å². The number of benzene rings is 3. The predicted octanol–water partition coefficient (Wildman–Crippen LogP) is 6.57. The number of amides is 3. The van der Waals surface area contributed by atoms with Gasteiger partial charge in [-0.25, -0.2) is 4.79 Å². The molecule has 1 fully saturated rings. The molecule has 0 saturated carbocycles. The highest BCUT2D eigenvalue weighted by atomic mass is 35.5. The number of hydrogen-bond donors (Lipinski definition) is 1. The minimum atomic E-state index is -0.488. The first-order chi connectivity index (χ1) is 22.0. The molecule has 2 atom stereocenters. The van der Waals surface area contributed by atoms with Gasteiger partial charge in [0, 0.05) is 47.3 Å². The summed E-state index contributed by atoms with van der Waals surface area (Å²) >= 11 is 12.6. The Morgan fingerprint density at radius 3 is 2.13 bits per heavy atom. The van der Waals surface area contributed by atoms with Crippen LogP contribution in [0.4, 0.5) is 4.79 Å². The molecule has 1 saturated heterocycles. The van der Waals surface area contributed by atoms with Gasteiger partial charge in [-0.1, -0.05) is 53.4 Å². The van der Waals surface area contributed by atoms with E-state index >= 15 is 0 Å². The molecular weight excluding hydrogens is 621 g/mol. The predicted molar refractivity (Wildman–Crippen MR) is 184 cm³/mol. The van der Waals surface area contributed by atoms with Gasteiger partial charge in [-0.2, -0.15) is 0 Å². The number of halogens is 2. The third-order valence-electron chi connectivity index (χ3n) is 7.91. The molecule has 2 heterocycles. The van der Waals surface area contributed by atoms with Crippen molar-refractivity contribution in [1.82, 2.24) is 20.0 Å². The van der Waals surface area contributed by atoms with E-state index in [1.165, 1.54) is 0 Å². The van der Waals surface area contributed by atoms with E-state index in [-0.39, 0.29) is 24.0 Å². The maximum Gasteiger partial charge on any atom is 0.326 e. The number of urea groups is 1. The summed E-state index contributed by atoms with van der Waals surface area (Å²) in [6, 6.07) is 19.5. The van der Waals surface area contributed by atoms with Crippen molar-refractivity contribution in [3.8, 4) is 18.1 Å². The summed E-state index contributed by atoms with van der Waals surface area (Å²) in [5, 5.41) is 4.22. The van der Waals surface area contributed by atoms with Crippen LogP contribution in [0, 0.1) is 12.3 Å². The summed E-state index contributed by atoms with van der Waals surface area (Å²) in [6.07, 6.45) is 5.73. The summed E-state index contributed by atoms with van der Waals surface area (Å²) in [5.74, 6) is 3.68. The Kier molecular flexibility index (Phi) is 10.3. The van der Waals surface area contributed by atoms with Crippen LogP contribution in [0.5, 0.6) is 5.75 Å². The largest absolute Gasteiger partial charge is 0.493 e. The number of aliphatic imine (C=N–C) groups is 1. The van der Waals surface area contributed by atoms with Crippen LogP contribution in [0.3, 0.4) is 0 Å². The van der Waals surface area contributed by atoms with Crippen LogP contribution in [0.2, 0.25) is 10.0 Å².